The molecule has 0 saturated carbocycles. The first-order valence-electron chi connectivity index (χ1n) is 7.42. The van der Waals surface area contributed by atoms with Crippen LogP contribution in [-0.2, 0) is 9.47 Å². The molecular formula is C12H5F19O2. The van der Waals surface area contributed by atoms with Crippen molar-refractivity contribution in [1.29, 1.82) is 0 Å². The van der Waals surface area contributed by atoms with Crippen molar-refractivity contribution in [3.05, 3.63) is 0 Å². The van der Waals surface area contributed by atoms with Crippen molar-refractivity contribution in [2.75, 3.05) is 13.2 Å². The van der Waals surface area contributed by atoms with E-state index in [4.69, 9.17) is 0 Å². The summed E-state index contributed by atoms with van der Waals surface area (Å²) in [4.78, 5) is 0. The summed E-state index contributed by atoms with van der Waals surface area (Å²) in [5.74, 6) is -60.1. The molecule has 0 aromatic heterocycles. The van der Waals surface area contributed by atoms with Crippen molar-refractivity contribution in [3.63, 3.8) is 0 Å². The second-order valence-corrected chi connectivity index (χ2v) is 6.30. The fourth-order valence-corrected chi connectivity index (χ4v) is 1.80. The molecule has 0 radical (unpaired) electrons. The van der Waals surface area contributed by atoms with E-state index in [0.29, 0.717) is 0 Å². The predicted octanol–water partition coefficient (Wildman–Crippen LogP) is 6.00. The number of alkyl halides is 19. The molecule has 1 heterocycles. The van der Waals surface area contributed by atoms with Gasteiger partial charge in [0, 0.05) is 0 Å². The third-order valence-electron chi connectivity index (χ3n) is 3.94. The summed E-state index contributed by atoms with van der Waals surface area (Å²) in [5, 5.41) is 0. The zero-order chi connectivity index (χ0) is 26.9. The van der Waals surface area contributed by atoms with Gasteiger partial charge < -0.3 is 9.47 Å². The molecule has 33 heavy (non-hydrogen) atoms. The lowest BCUT2D eigenvalue weighted by molar-refractivity contribution is -0.481. The highest BCUT2D eigenvalue weighted by molar-refractivity contribution is 5.16. The Morgan fingerprint density at radius 1 is 0.485 bits per heavy atom. The van der Waals surface area contributed by atoms with E-state index in [0.717, 1.165) is 0 Å². The molecule has 1 aliphatic heterocycles. The first-order chi connectivity index (χ1) is 14.1. The summed E-state index contributed by atoms with van der Waals surface area (Å²) in [5.41, 5.74) is 0. The molecule has 0 aromatic rings. The van der Waals surface area contributed by atoms with Crippen LogP contribution in [0.25, 0.3) is 0 Å². The van der Waals surface area contributed by atoms with Crippen molar-refractivity contribution in [1.82, 2.24) is 0 Å². The van der Waals surface area contributed by atoms with Gasteiger partial charge >= 0.3 is 53.7 Å². The zero-order valence-corrected chi connectivity index (χ0v) is 14.5. The monoisotopic (exact) mass is 542 g/mol. The molecule has 1 saturated heterocycles. The van der Waals surface area contributed by atoms with Crippen LogP contribution in [0.15, 0.2) is 0 Å². The van der Waals surface area contributed by atoms with Crippen molar-refractivity contribution in [2.24, 2.45) is 0 Å². The molecule has 1 atom stereocenters. The van der Waals surface area contributed by atoms with Crippen molar-refractivity contribution < 1.29 is 92.9 Å². The average Bonchev–Trinajstić information content (AvgIpc) is 3.42. The number of halogens is 19. The van der Waals surface area contributed by atoms with E-state index in [1.807, 2.05) is 0 Å². The highest BCUT2D eigenvalue weighted by Gasteiger charge is 2.97. The minimum atomic E-state index is -8.93. The van der Waals surface area contributed by atoms with Gasteiger partial charge in [-0.25, -0.2) is 0 Å². The van der Waals surface area contributed by atoms with Crippen LogP contribution in [0.3, 0.4) is 0 Å². The van der Waals surface area contributed by atoms with Crippen LogP contribution >= 0.6 is 0 Å². The van der Waals surface area contributed by atoms with Gasteiger partial charge in [0.2, 0.25) is 0 Å². The molecular weight excluding hydrogens is 537 g/mol. The van der Waals surface area contributed by atoms with E-state index < -0.39 is 73.1 Å². The molecule has 0 spiro atoms. The summed E-state index contributed by atoms with van der Waals surface area (Å²) >= 11 is 0. The van der Waals surface area contributed by atoms with E-state index in [1.165, 1.54) is 0 Å². The molecule has 0 aliphatic carbocycles. The van der Waals surface area contributed by atoms with E-state index in [1.54, 1.807) is 0 Å². The van der Waals surface area contributed by atoms with E-state index >= 15 is 0 Å². The molecule has 0 N–H and O–H groups in total. The van der Waals surface area contributed by atoms with Gasteiger partial charge in [-0.05, 0) is 0 Å². The minimum Gasteiger partial charge on any atom is -0.371 e. The lowest BCUT2D eigenvalue weighted by Crippen LogP contribution is -2.76. The van der Waals surface area contributed by atoms with E-state index in [2.05, 4.69) is 9.47 Å². The highest BCUT2D eigenvalue weighted by atomic mass is 19.4. The fourth-order valence-electron chi connectivity index (χ4n) is 1.80. The third-order valence-corrected chi connectivity index (χ3v) is 3.94. The maximum absolute atomic E-state index is 13.4. The van der Waals surface area contributed by atoms with Crippen LogP contribution in [0.4, 0.5) is 83.4 Å². The largest absolute Gasteiger partial charge is 0.460 e. The maximum atomic E-state index is 13.4. The predicted molar refractivity (Wildman–Crippen MR) is 61.3 cm³/mol. The summed E-state index contributed by atoms with van der Waals surface area (Å²) in [6.07, 6.45) is -16.4. The number of ether oxygens (including phenoxy) is 2. The van der Waals surface area contributed by atoms with Crippen LogP contribution in [0.5, 0.6) is 0 Å². The van der Waals surface area contributed by atoms with Crippen LogP contribution in [-0.4, -0.2) is 73.1 Å². The Balaban J connectivity index is 3.55. The molecule has 1 aliphatic rings. The van der Waals surface area contributed by atoms with Crippen LogP contribution in [0, 0.1) is 0 Å². The molecule has 1 fully saturated rings. The second kappa shape index (κ2) is 7.54. The molecule has 21 heteroatoms. The van der Waals surface area contributed by atoms with Gasteiger partial charge in [0.05, 0.1) is 13.2 Å². The Morgan fingerprint density at radius 2 is 0.758 bits per heavy atom. The van der Waals surface area contributed by atoms with Gasteiger partial charge in [0.1, 0.15) is 6.10 Å². The number of hydrogen-bond donors (Lipinski definition) is 0. The smallest absolute Gasteiger partial charge is 0.371 e. The van der Waals surface area contributed by atoms with Gasteiger partial charge in [-0.1, -0.05) is 0 Å². The first kappa shape index (κ1) is 29.6. The Bertz CT molecular complexity index is 719. The topological polar surface area (TPSA) is 21.8 Å². The Kier molecular flexibility index (Phi) is 6.77. The summed E-state index contributed by atoms with van der Waals surface area (Å²) < 4.78 is 253. The Morgan fingerprint density at radius 3 is 1.03 bits per heavy atom. The average molecular weight is 542 g/mol. The van der Waals surface area contributed by atoms with Gasteiger partial charge in [-0.15, -0.1) is 0 Å². The number of rotatable bonds is 10. The van der Waals surface area contributed by atoms with E-state index in [-0.39, 0.29) is 0 Å². The van der Waals surface area contributed by atoms with Crippen LogP contribution in [0.2, 0.25) is 0 Å². The zero-order valence-electron chi connectivity index (χ0n) is 14.5. The second-order valence-electron chi connectivity index (χ2n) is 6.30. The van der Waals surface area contributed by atoms with Crippen molar-refractivity contribution in [2.45, 2.75) is 59.8 Å². The molecule has 1 unspecified atom stereocenters. The van der Waals surface area contributed by atoms with Crippen molar-refractivity contribution in [3.8, 4) is 0 Å². The van der Waals surface area contributed by atoms with Crippen LogP contribution in [0.1, 0.15) is 0 Å². The molecule has 0 amide bonds. The lowest BCUT2D eigenvalue weighted by atomic mass is 9.88. The Labute approximate surface area is 167 Å². The van der Waals surface area contributed by atoms with Gasteiger partial charge in [-0.3, -0.25) is 0 Å². The summed E-state index contributed by atoms with van der Waals surface area (Å²) in [7, 11) is 0. The Hall–Kier alpha value is -1.41. The van der Waals surface area contributed by atoms with Gasteiger partial charge in [0.25, 0.3) is 0 Å². The summed E-state index contributed by atoms with van der Waals surface area (Å²) in [6, 6.07) is 0. The third kappa shape index (κ3) is 3.95. The molecule has 1 rings (SSSR count). The normalized spacial score (nSPS) is 20.3. The quantitative estimate of drug-likeness (QED) is 0.250. The van der Waals surface area contributed by atoms with Gasteiger partial charge in [-0.2, -0.15) is 83.4 Å². The minimum absolute atomic E-state index is 0.541. The molecule has 0 aromatic carbocycles. The fraction of sp³-hybridized carbons (Fsp3) is 1.00. The maximum Gasteiger partial charge on any atom is 0.460 e. The van der Waals surface area contributed by atoms with Crippen molar-refractivity contribution >= 4 is 0 Å². The highest BCUT2D eigenvalue weighted by Crippen LogP contribution is 2.65. The van der Waals surface area contributed by atoms with Crippen LogP contribution < -0.4 is 0 Å². The SMILES string of the molecule is FC(F)(F)C(F)(F)C(F)(F)C(F)(F)C(F)(F)C(F)(F)C(F)(F)C(F)(F)C(F)(F)OCC1CO1. The number of hydrogen-bond acceptors (Lipinski definition) is 2. The summed E-state index contributed by atoms with van der Waals surface area (Å²) in [6.45, 7) is -2.34. The standard InChI is InChI=1S/C12H5F19O2/c13-4(14,5(15,16)7(19,20)9(23,24)11(27,28)29)6(17,18)8(21,22)10(25,26)12(30,31)33-2-3-1-32-3/h3H,1-2H2. The number of epoxide rings is 1. The molecule has 198 valence electrons. The van der Waals surface area contributed by atoms with E-state index in [9.17, 15) is 83.4 Å². The first-order valence-corrected chi connectivity index (χ1v) is 7.42. The lowest BCUT2D eigenvalue weighted by Gasteiger charge is -2.43. The molecule has 0 bridgehead atoms. The van der Waals surface area contributed by atoms with Gasteiger partial charge in [0.15, 0.2) is 0 Å². The molecule has 2 nitrogen and oxygen atoms in total.